The third kappa shape index (κ3) is 4.00. The van der Waals surface area contributed by atoms with Gasteiger partial charge in [0, 0.05) is 29.3 Å². The van der Waals surface area contributed by atoms with Gasteiger partial charge in [0.1, 0.15) is 11.6 Å². The van der Waals surface area contributed by atoms with E-state index in [0.717, 1.165) is 22.4 Å². The van der Waals surface area contributed by atoms with Crippen LogP contribution in [0, 0.1) is 12.7 Å². The number of para-hydroxylation sites is 1. The van der Waals surface area contributed by atoms with E-state index in [1.54, 1.807) is 25.6 Å². The standard InChI is InChI=1S/C22H19FN4OS/c1-15-6-3-4-8-19(15)27-21(16-7-5-11-24-13-16)25-26-22(27)29-14-17-12-18(23)9-10-20(17)28-2/h3-13H,14H2,1-2H3. The lowest BCUT2D eigenvalue weighted by atomic mass is 10.2. The van der Waals surface area contributed by atoms with Gasteiger partial charge in [-0.3, -0.25) is 9.55 Å². The summed E-state index contributed by atoms with van der Waals surface area (Å²) in [5.74, 6) is 1.56. The number of ether oxygens (including phenoxy) is 1. The van der Waals surface area contributed by atoms with Gasteiger partial charge in [0.05, 0.1) is 12.8 Å². The summed E-state index contributed by atoms with van der Waals surface area (Å²) in [7, 11) is 1.58. The van der Waals surface area contributed by atoms with Crippen molar-refractivity contribution in [1.82, 2.24) is 19.7 Å². The van der Waals surface area contributed by atoms with E-state index in [9.17, 15) is 4.39 Å². The number of methoxy groups -OCH3 is 1. The first kappa shape index (κ1) is 19.1. The molecule has 0 aliphatic heterocycles. The van der Waals surface area contributed by atoms with E-state index in [1.807, 2.05) is 47.9 Å². The van der Waals surface area contributed by atoms with E-state index < -0.39 is 0 Å². The molecule has 2 heterocycles. The lowest BCUT2D eigenvalue weighted by molar-refractivity contribution is 0.410. The van der Waals surface area contributed by atoms with Crippen LogP contribution < -0.4 is 4.74 Å². The summed E-state index contributed by atoms with van der Waals surface area (Å²) in [4.78, 5) is 4.21. The van der Waals surface area contributed by atoms with E-state index >= 15 is 0 Å². The Labute approximate surface area is 172 Å². The molecule has 0 N–H and O–H groups in total. The lowest BCUT2D eigenvalue weighted by Crippen LogP contribution is -2.02. The van der Waals surface area contributed by atoms with Crippen molar-refractivity contribution in [3.05, 3.63) is 83.9 Å². The van der Waals surface area contributed by atoms with Crippen molar-refractivity contribution in [2.45, 2.75) is 17.8 Å². The topological polar surface area (TPSA) is 52.8 Å². The maximum atomic E-state index is 13.7. The second-order valence-corrected chi connectivity index (χ2v) is 7.36. The molecule has 2 aromatic carbocycles. The highest BCUT2D eigenvalue weighted by atomic mass is 32.2. The molecule has 0 bridgehead atoms. The van der Waals surface area contributed by atoms with Crippen molar-refractivity contribution in [3.8, 4) is 22.8 Å². The van der Waals surface area contributed by atoms with Gasteiger partial charge in [0.25, 0.3) is 0 Å². The average Bonchev–Trinajstić information content (AvgIpc) is 3.17. The molecule has 0 amide bonds. The van der Waals surface area contributed by atoms with E-state index in [-0.39, 0.29) is 5.82 Å². The second kappa shape index (κ2) is 8.45. The monoisotopic (exact) mass is 406 g/mol. The minimum absolute atomic E-state index is 0.294. The van der Waals surface area contributed by atoms with Crippen molar-refractivity contribution >= 4 is 11.8 Å². The zero-order valence-corrected chi connectivity index (χ0v) is 16.9. The Morgan fingerprint density at radius 1 is 1.07 bits per heavy atom. The molecule has 0 aliphatic carbocycles. The fourth-order valence-corrected chi connectivity index (χ4v) is 4.00. The van der Waals surface area contributed by atoms with Gasteiger partial charge in [-0.15, -0.1) is 10.2 Å². The average molecular weight is 406 g/mol. The molecule has 29 heavy (non-hydrogen) atoms. The summed E-state index contributed by atoms with van der Waals surface area (Å²) < 4.78 is 21.1. The Bertz CT molecular complexity index is 1130. The van der Waals surface area contributed by atoms with Crippen LogP contribution in [0.3, 0.4) is 0 Å². The first-order valence-corrected chi connectivity index (χ1v) is 10.0. The number of rotatable bonds is 6. The van der Waals surface area contributed by atoms with Gasteiger partial charge in [-0.25, -0.2) is 4.39 Å². The minimum atomic E-state index is -0.294. The van der Waals surface area contributed by atoms with Crippen LogP contribution in [-0.2, 0) is 5.75 Å². The molecule has 2 aromatic heterocycles. The van der Waals surface area contributed by atoms with Crippen molar-refractivity contribution < 1.29 is 9.13 Å². The molecule has 0 fully saturated rings. The predicted molar refractivity (Wildman–Crippen MR) is 112 cm³/mol. The van der Waals surface area contributed by atoms with Crippen molar-refractivity contribution in [1.29, 1.82) is 0 Å². The highest BCUT2D eigenvalue weighted by Gasteiger charge is 2.18. The molecule has 0 saturated carbocycles. The highest BCUT2D eigenvalue weighted by Crippen LogP contribution is 2.32. The molecule has 7 heteroatoms. The number of thioether (sulfide) groups is 1. The van der Waals surface area contributed by atoms with Crippen LogP contribution in [0.15, 0.2) is 72.1 Å². The summed E-state index contributed by atoms with van der Waals surface area (Å²) >= 11 is 1.48. The van der Waals surface area contributed by atoms with E-state index in [2.05, 4.69) is 15.2 Å². The number of aromatic nitrogens is 4. The van der Waals surface area contributed by atoms with Gasteiger partial charge >= 0.3 is 0 Å². The van der Waals surface area contributed by atoms with Crippen molar-refractivity contribution in [3.63, 3.8) is 0 Å². The molecule has 4 rings (SSSR count). The molecule has 0 radical (unpaired) electrons. The Morgan fingerprint density at radius 3 is 2.69 bits per heavy atom. The molecule has 4 aromatic rings. The number of pyridine rings is 1. The summed E-state index contributed by atoms with van der Waals surface area (Å²) in [6.07, 6.45) is 3.49. The van der Waals surface area contributed by atoms with Gasteiger partial charge in [-0.2, -0.15) is 0 Å². The van der Waals surface area contributed by atoms with E-state index in [4.69, 9.17) is 4.74 Å². The molecule has 0 spiro atoms. The van der Waals surface area contributed by atoms with Gasteiger partial charge in [0.2, 0.25) is 0 Å². The van der Waals surface area contributed by atoms with Gasteiger partial charge in [-0.1, -0.05) is 30.0 Å². The van der Waals surface area contributed by atoms with Crippen LogP contribution in [0.4, 0.5) is 4.39 Å². The van der Waals surface area contributed by atoms with Gasteiger partial charge < -0.3 is 4.74 Å². The SMILES string of the molecule is COc1ccc(F)cc1CSc1nnc(-c2cccnc2)n1-c1ccccc1C. The molecular weight excluding hydrogens is 387 g/mol. The van der Waals surface area contributed by atoms with Crippen molar-refractivity contribution in [2.24, 2.45) is 0 Å². The maximum Gasteiger partial charge on any atom is 0.196 e. The maximum absolute atomic E-state index is 13.7. The quantitative estimate of drug-likeness (QED) is 0.418. The summed E-state index contributed by atoms with van der Waals surface area (Å²) in [5.41, 5.74) is 3.73. The zero-order chi connectivity index (χ0) is 20.2. The minimum Gasteiger partial charge on any atom is -0.496 e. The Hall–Kier alpha value is -3.19. The largest absolute Gasteiger partial charge is 0.496 e. The smallest absolute Gasteiger partial charge is 0.196 e. The highest BCUT2D eigenvalue weighted by molar-refractivity contribution is 7.98. The number of aryl methyl sites for hydroxylation is 1. The van der Waals surface area contributed by atoms with E-state index in [0.29, 0.717) is 22.5 Å². The first-order valence-electron chi connectivity index (χ1n) is 9.04. The van der Waals surface area contributed by atoms with Crippen LogP contribution >= 0.6 is 11.8 Å². The number of nitrogens with zero attached hydrogens (tertiary/aromatic N) is 4. The van der Waals surface area contributed by atoms with Gasteiger partial charge in [0.15, 0.2) is 11.0 Å². The number of halogens is 1. The fourth-order valence-electron chi connectivity index (χ4n) is 3.08. The summed E-state index contributed by atoms with van der Waals surface area (Å²) in [6.45, 7) is 2.05. The molecule has 0 aliphatic rings. The number of benzene rings is 2. The van der Waals surface area contributed by atoms with Gasteiger partial charge in [-0.05, 0) is 48.9 Å². The number of hydrogen-bond donors (Lipinski definition) is 0. The predicted octanol–water partition coefficient (Wildman–Crippen LogP) is 5.08. The summed E-state index contributed by atoms with van der Waals surface area (Å²) in [5, 5.41) is 9.55. The molecule has 0 unspecified atom stereocenters. The molecule has 146 valence electrons. The molecular formula is C22H19FN4OS. The summed E-state index contributed by atoms with van der Waals surface area (Å²) in [6, 6.07) is 16.4. The van der Waals surface area contributed by atoms with Crippen LogP contribution in [0.2, 0.25) is 0 Å². The third-order valence-electron chi connectivity index (χ3n) is 4.51. The van der Waals surface area contributed by atoms with E-state index in [1.165, 1.54) is 23.9 Å². The zero-order valence-electron chi connectivity index (χ0n) is 16.0. The molecule has 5 nitrogen and oxygen atoms in total. The van der Waals surface area contributed by atoms with Crippen LogP contribution in [0.25, 0.3) is 17.1 Å². The Balaban J connectivity index is 1.76. The Kier molecular flexibility index (Phi) is 5.57. The lowest BCUT2D eigenvalue weighted by Gasteiger charge is -2.13. The van der Waals surface area contributed by atoms with Crippen LogP contribution in [0.5, 0.6) is 5.75 Å². The molecule has 0 saturated heterocycles. The number of hydrogen-bond acceptors (Lipinski definition) is 5. The molecule has 0 atom stereocenters. The van der Waals surface area contributed by atoms with Crippen LogP contribution in [-0.4, -0.2) is 26.9 Å². The normalized spacial score (nSPS) is 10.9. The first-order chi connectivity index (χ1) is 14.2. The van der Waals surface area contributed by atoms with Crippen molar-refractivity contribution in [2.75, 3.05) is 7.11 Å². The Morgan fingerprint density at radius 2 is 1.93 bits per heavy atom. The second-order valence-electron chi connectivity index (χ2n) is 6.41. The third-order valence-corrected chi connectivity index (χ3v) is 5.49. The van der Waals surface area contributed by atoms with Crippen LogP contribution in [0.1, 0.15) is 11.1 Å². The fraction of sp³-hybridized carbons (Fsp3) is 0.136.